The van der Waals surface area contributed by atoms with E-state index in [1.807, 2.05) is 0 Å². The fraction of sp³-hybridized carbons (Fsp3) is 0.857. The van der Waals surface area contributed by atoms with Crippen molar-refractivity contribution in [3.05, 3.63) is 0 Å². The molecule has 0 bridgehead atoms. The summed E-state index contributed by atoms with van der Waals surface area (Å²) < 4.78 is 0. The highest BCUT2D eigenvalue weighted by molar-refractivity contribution is 5.57. The predicted octanol–water partition coefficient (Wildman–Crippen LogP) is 4.29. The second-order valence-electron chi connectivity index (χ2n) is 4.17. The van der Waals surface area contributed by atoms with Crippen molar-refractivity contribution in [1.29, 1.82) is 0 Å². The Hall–Kier alpha value is -0.660. The van der Waals surface area contributed by atoms with Crippen molar-refractivity contribution >= 4 is 12.4 Å². The minimum absolute atomic E-state index is 1.01. The summed E-state index contributed by atoms with van der Waals surface area (Å²) >= 11 is 0. The van der Waals surface area contributed by atoms with E-state index in [1.165, 1.54) is 38.5 Å². The van der Waals surface area contributed by atoms with Gasteiger partial charge in [0.1, 0.15) is 0 Å². The third kappa shape index (κ3) is 13.3. The lowest BCUT2D eigenvalue weighted by Gasteiger charge is -1.96. The average molecular weight is 224 g/mol. The Labute approximate surface area is 101 Å². The third-order valence-electron chi connectivity index (χ3n) is 2.42. The minimum atomic E-state index is 1.01. The fourth-order valence-electron chi connectivity index (χ4n) is 1.38. The summed E-state index contributed by atoms with van der Waals surface area (Å²) in [5.74, 6) is 0. The second kappa shape index (κ2) is 14.3. The lowest BCUT2D eigenvalue weighted by molar-refractivity contribution is 0.654. The lowest BCUT2D eigenvalue weighted by Crippen LogP contribution is -1.87. The van der Waals surface area contributed by atoms with Crippen LogP contribution in [0.1, 0.15) is 65.2 Å². The van der Waals surface area contributed by atoms with Gasteiger partial charge in [-0.05, 0) is 38.1 Å². The summed E-state index contributed by atoms with van der Waals surface area (Å²) in [6, 6.07) is 0. The van der Waals surface area contributed by atoms with Crippen molar-refractivity contribution in [3.63, 3.8) is 0 Å². The lowest BCUT2D eigenvalue weighted by atomic mass is 10.2. The van der Waals surface area contributed by atoms with Crippen molar-refractivity contribution in [1.82, 2.24) is 0 Å². The topological polar surface area (TPSA) is 24.7 Å². The Morgan fingerprint density at radius 2 is 1.12 bits per heavy atom. The summed E-state index contributed by atoms with van der Waals surface area (Å²) in [7, 11) is 0. The van der Waals surface area contributed by atoms with Crippen molar-refractivity contribution in [2.24, 2.45) is 9.98 Å². The molecule has 94 valence electrons. The first-order valence-corrected chi connectivity index (χ1v) is 6.88. The molecule has 0 amide bonds. The molecule has 0 aliphatic carbocycles. The molecule has 0 radical (unpaired) electrons. The number of hydrogen-bond donors (Lipinski definition) is 0. The second-order valence-corrected chi connectivity index (χ2v) is 4.17. The summed E-state index contributed by atoms with van der Waals surface area (Å²) in [4.78, 5) is 8.73. The Kier molecular flexibility index (Phi) is 13.7. The molecular formula is C14H28N2. The van der Waals surface area contributed by atoms with Gasteiger partial charge in [0.05, 0.1) is 0 Å². The quantitative estimate of drug-likeness (QED) is 0.369. The van der Waals surface area contributed by atoms with E-state index in [0.717, 1.165) is 25.9 Å². The molecule has 0 aromatic heterocycles. The normalized spacial score (nSPS) is 11.9. The highest BCUT2D eigenvalue weighted by Crippen LogP contribution is 2.00. The van der Waals surface area contributed by atoms with Gasteiger partial charge in [-0.1, -0.05) is 39.5 Å². The predicted molar refractivity (Wildman–Crippen MR) is 75.0 cm³/mol. The molecule has 0 aliphatic heterocycles. The maximum absolute atomic E-state index is 4.36. The number of nitrogens with zero attached hydrogens (tertiary/aromatic N) is 2. The first kappa shape index (κ1) is 15.3. The van der Waals surface area contributed by atoms with Gasteiger partial charge in [0.15, 0.2) is 0 Å². The highest BCUT2D eigenvalue weighted by Gasteiger charge is 1.88. The fourth-order valence-corrected chi connectivity index (χ4v) is 1.38. The molecule has 0 aromatic carbocycles. The molecule has 0 N–H and O–H groups in total. The Balaban J connectivity index is 3.04. The van der Waals surface area contributed by atoms with Gasteiger partial charge in [0, 0.05) is 13.1 Å². The molecule has 2 heteroatoms. The van der Waals surface area contributed by atoms with Crippen LogP contribution in [0.15, 0.2) is 9.98 Å². The van der Waals surface area contributed by atoms with E-state index in [-0.39, 0.29) is 0 Å². The van der Waals surface area contributed by atoms with E-state index in [0.29, 0.717) is 0 Å². The Bertz CT molecular complexity index is 154. The molecule has 0 atom stereocenters. The van der Waals surface area contributed by atoms with Crippen LogP contribution >= 0.6 is 0 Å². The molecule has 0 rings (SSSR count). The standard InChI is InChI=1S/C14H28N2/c1-3-5-11-15-13-9-7-8-10-14-16-12-6-4-2/h11-12H,3-10,13-14H2,1-2H3. The van der Waals surface area contributed by atoms with E-state index in [9.17, 15) is 0 Å². The van der Waals surface area contributed by atoms with Gasteiger partial charge in [-0.2, -0.15) is 0 Å². The van der Waals surface area contributed by atoms with Gasteiger partial charge in [-0.25, -0.2) is 0 Å². The first-order chi connectivity index (χ1) is 7.91. The summed E-state index contributed by atoms with van der Waals surface area (Å²) in [6.07, 6.45) is 13.9. The molecule has 0 aromatic rings. The van der Waals surface area contributed by atoms with E-state index in [1.54, 1.807) is 0 Å². The van der Waals surface area contributed by atoms with Crippen molar-refractivity contribution in [2.75, 3.05) is 13.1 Å². The van der Waals surface area contributed by atoms with Crippen molar-refractivity contribution in [3.8, 4) is 0 Å². The van der Waals surface area contributed by atoms with Crippen LogP contribution < -0.4 is 0 Å². The zero-order valence-corrected chi connectivity index (χ0v) is 11.1. The molecule has 0 spiro atoms. The van der Waals surface area contributed by atoms with Crippen LogP contribution in [0.3, 0.4) is 0 Å². The number of unbranched alkanes of at least 4 members (excludes halogenated alkanes) is 5. The van der Waals surface area contributed by atoms with Crippen LogP contribution in [-0.4, -0.2) is 25.5 Å². The van der Waals surface area contributed by atoms with E-state index in [2.05, 4.69) is 36.3 Å². The van der Waals surface area contributed by atoms with Crippen molar-refractivity contribution < 1.29 is 0 Å². The monoisotopic (exact) mass is 224 g/mol. The zero-order valence-electron chi connectivity index (χ0n) is 11.1. The first-order valence-electron chi connectivity index (χ1n) is 6.88. The van der Waals surface area contributed by atoms with Crippen LogP contribution in [0.4, 0.5) is 0 Å². The van der Waals surface area contributed by atoms with Crippen LogP contribution in [0.5, 0.6) is 0 Å². The molecule has 0 saturated heterocycles. The van der Waals surface area contributed by atoms with Crippen LogP contribution in [-0.2, 0) is 0 Å². The van der Waals surface area contributed by atoms with Gasteiger partial charge in [-0.15, -0.1) is 0 Å². The summed E-state index contributed by atoms with van der Waals surface area (Å²) in [5, 5.41) is 0. The number of rotatable bonds is 11. The third-order valence-corrected chi connectivity index (χ3v) is 2.42. The van der Waals surface area contributed by atoms with Gasteiger partial charge in [-0.3, -0.25) is 9.98 Å². The SMILES string of the molecule is CCCC=NCCCCCCN=CCCC. The molecule has 16 heavy (non-hydrogen) atoms. The summed E-state index contributed by atoms with van der Waals surface area (Å²) in [5.41, 5.74) is 0. The van der Waals surface area contributed by atoms with E-state index < -0.39 is 0 Å². The Morgan fingerprint density at radius 1 is 0.688 bits per heavy atom. The van der Waals surface area contributed by atoms with Crippen LogP contribution in [0.2, 0.25) is 0 Å². The smallest absolute Gasteiger partial charge is 0.0385 e. The van der Waals surface area contributed by atoms with Gasteiger partial charge >= 0.3 is 0 Å². The van der Waals surface area contributed by atoms with Crippen LogP contribution in [0, 0.1) is 0 Å². The largest absolute Gasteiger partial charge is 0.298 e. The molecular weight excluding hydrogens is 196 g/mol. The zero-order chi connectivity index (χ0) is 11.9. The van der Waals surface area contributed by atoms with E-state index >= 15 is 0 Å². The van der Waals surface area contributed by atoms with Crippen molar-refractivity contribution in [2.45, 2.75) is 65.2 Å². The van der Waals surface area contributed by atoms with Crippen LogP contribution in [0.25, 0.3) is 0 Å². The summed E-state index contributed by atoms with van der Waals surface area (Å²) in [6.45, 7) is 6.40. The number of aliphatic imine (C=N–C) groups is 2. The molecule has 2 nitrogen and oxygen atoms in total. The Morgan fingerprint density at radius 3 is 1.50 bits per heavy atom. The molecule has 0 heterocycles. The molecule has 0 unspecified atom stereocenters. The van der Waals surface area contributed by atoms with E-state index in [4.69, 9.17) is 0 Å². The number of hydrogen-bond acceptors (Lipinski definition) is 2. The molecule has 0 fully saturated rings. The maximum Gasteiger partial charge on any atom is 0.0385 e. The van der Waals surface area contributed by atoms with Gasteiger partial charge < -0.3 is 0 Å². The molecule has 0 aliphatic rings. The van der Waals surface area contributed by atoms with Gasteiger partial charge in [0.25, 0.3) is 0 Å². The minimum Gasteiger partial charge on any atom is -0.298 e. The average Bonchev–Trinajstić information content (AvgIpc) is 2.31. The molecule has 0 saturated carbocycles. The maximum atomic E-state index is 4.36. The van der Waals surface area contributed by atoms with Gasteiger partial charge in [0.2, 0.25) is 0 Å². The highest BCUT2D eigenvalue weighted by atomic mass is 14.7.